The van der Waals surface area contributed by atoms with Crippen LogP contribution in [0.25, 0.3) is 0 Å². The highest BCUT2D eigenvalue weighted by atomic mass is 16.4. The molecule has 2 saturated heterocycles. The lowest BCUT2D eigenvalue weighted by Crippen LogP contribution is -2.56. The van der Waals surface area contributed by atoms with Crippen LogP contribution in [0.15, 0.2) is 78.9 Å². The first-order chi connectivity index (χ1) is 19.4. The van der Waals surface area contributed by atoms with E-state index >= 15 is 0 Å². The largest absolute Gasteiger partial charge is 0.478 e. The number of carbonyl (C=O) groups is 3. The smallest absolute Gasteiger partial charge is 0.335 e. The van der Waals surface area contributed by atoms with Crippen molar-refractivity contribution in [3.8, 4) is 0 Å². The molecule has 1 unspecified atom stereocenters. The van der Waals surface area contributed by atoms with E-state index in [1.54, 1.807) is 18.2 Å². The molecule has 8 heteroatoms. The quantitative estimate of drug-likeness (QED) is 0.438. The molecule has 206 valence electrons. The first kappa shape index (κ1) is 26.1. The zero-order valence-electron chi connectivity index (χ0n) is 22.5. The van der Waals surface area contributed by atoms with Gasteiger partial charge in [0.15, 0.2) is 0 Å². The second-order valence-electron chi connectivity index (χ2n) is 11.1. The lowest BCUT2D eigenvalue weighted by molar-refractivity contribution is -0.134. The number of para-hydroxylation sites is 2. The van der Waals surface area contributed by atoms with Gasteiger partial charge in [-0.05, 0) is 73.7 Å². The highest BCUT2D eigenvalue weighted by molar-refractivity contribution is 6.02. The average Bonchev–Trinajstić information content (AvgIpc) is 3.43. The van der Waals surface area contributed by atoms with Crippen molar-refractivity contribution >= 4 is 29.2 Å². The summed E-state index contributed by atoms with van der Waals surface area (Å²) in [5, 5.41) is 12.4. The van der Waals surface area contributed by atoms with Crippen LogP contribution >= 0.6 is 0 Å². The summed E-state index contributed by atoms with van der Waals surface area (Å²) in [6, 6.07) is 24.9. The molecule has 0 aromatic heterocycles. The van der Waals surface area contributed by atoms with Crippen LogP contribution in [0.4, 0.5) is 11.4 Å². The molecule has 0 saturated carbocycles. The third kappa shape index (κ3) is 4.84. The number of hydrogen-bond donors (Lipinski definition) is 2. The third-order valence-electron chi connectivity index (χ3n) is 8.69. The Morgan fingerprint density at radius 1 is 0.950 bits per heavy atom. The van der Waals surface area contributed by atoms with E-state index in [-0.39, 0.29) is 23.3 Å². The lowest BCUT2D eigenvalue weighted by atomic mass is 9.85. The fourth-order valence-electron chi connectivity index (χ4n) is 6.57. The molecule has 0 bridgehead atoms. The molecule has 6 rings (SSSR count). The van der Waals surface area contributed by atoms with E-state index in [0.717, 1.165) is 67.8 Å². The number of fused-ring (bicyclic) bond motifs is 1. The van der Waals surface area contributed by atoms with Crippen LogP contribution in [0.5, 0.6) is 0 Å². The lowest BCUT2D eigenvalue weighted by Gasteiger charge is -2.43. The molecule has 1 atom stereocenters. The number of likely N-dealkylation sites (tertiary alicyclic amines) is 1. The Morgan fingerprint density at radius 2 is 1.70 bits per heavy atom. The SMILES string of the molecule is O=C(O)c1cccc(CN2CN(c3ccccc3)C3(CCN(CCCC4C(=O)Nc5ccccc54)CC3)C2=O)c1. The van der Waals surface area contributed by atoms with Crippen molar-refractivity contribution < 1.29 is 19.5 Å². The predicted octanol–water partition coefficient (Wildman–Crippen LogP) is 4.54. The number of benzene rings is 3. The number of carboxylic acids is 1. The Kier molecular flexibility index (Phi) is 7.02. The summed E-state index contributed by atoms with van der Waals surface area (Å²) in [4.78, 5) is 44.5. The van der Waals surface area contributed by atoms with Gasteiger partial charge in [-0.3, -0.25) is 9.59 Å². The van der Waals surface area contributed by atoms with E-state index < -0.39 is 11.5 Å². The summed E-state index contributed by atoms with van der Waals surface area (Å²) in [6.07, 6.45) is 3.17. The van der Waals surface area contributed by atoms with Gasteiger partial charge in [-0.25, -0.2) is 4.79 Å². The van der Waals surface area contributed by atoms with Crippen molar-refractivity contribution in [1.82, 2.24) is 9.80 Å². The summed E-state index contributed by atoms with van der Waals surface area (Å²) in [7, 11) is 0. The number of carboxylic acid groups (broad SMARTS) is 1. The van der Waals surface area contributed by atoms with Crippen molar-refractivity contribution in [3.05, 3.63) is 95.6 Å². The number of carbonyl (C=O) groups excluding carboxylic acids is 2. The highest BCUT2D eigenvalue weighted by Gasteiger charge is 2.53. The van der Waals surface area contributed by atoms with Crippen molar-refractivity contribution in [2.24, 2.45) is 0 Å². The first-order valence-corrected chi connectivity index (χ1v) is 14.0. The Bertz CT molecular complexity index is 1420. The topological polar surface area (TPSA) is 93.2 Å². The van der Waals surface area contributed by atoms with E-state index in [4.69, 9.17) is 0 Å². The van der Waals surface area contributed by atoms with Gasteiger partial charge < -0.3 is 25.1 Å². The van der Waals surface area contributed by atoms with E-state index in [9.17, 15) is 19.5 Å². The zero-order valence-corrected chi connectivity index (χ0v) is 22.5. The summed E-state index contributed by atoms with van der Waals surface area (Å²) < 4.78 is 0. The molecule has 2 N–H and O–H groups in total. The molecule has 8 nitrogen and oxygen atoms in total. The van der Waals surface area contributed by atoms with Gasteiger partial charge in [-0.1, -0.05) is 48.5 Å². The van der Waals surface area contributed by atoms with Crippen LogP contribution < -0.4 is 10.2 Å². The van der Waals surface area contributed by atoms with Crippen molar-refractivity contribution in [2.75, 3.05) is 36.5 Å². The number of nitrogens with zero attached hydrogens (tertiary/aromatic N) is 3. The molecule has 3 aromatic rings. The minimum Gasteiger partial charge on any atom is -0.478 e. The van der Waals surface area contributed by atoms with Gasteiger partial charge in [0.25, 0.3) is 0 Å². The van der Waals surface area contributed by atoms with Crippen LogP contribution in [0, 0.1) is 0 Å². The van der Waals surface area contributed by atoms with Crippen LogP contribution in [0.3, 0.4) is 0 Å². The van der Waals surface area contributed by atoms with Crippen LogP contribution in [0.1, 0.15) is 53.1 Å². The maximum Gasteiger partial charge on any atom is 0.335 e. The maximum absolute atomic E-state index is 14.0. The monoisotopic (exact) mass is 538 g/mol. The molecule has 3 aliphatic rings. The zero-order chi connectivity index (χ0) is 27.7. The number of nitrogens with one attached hydrogen (secondary N) is 1. The van der Waals surface area contributed by atoms with Gasteiger partial charge in [0.2, 0.25) is 11.8 Å². The number of rotatable bonds is 8. The summed E-state index contributed by atoms with van der Waals surface area (Å²) in [5.41, 5.74) is 3.47. The normalized spacial score (nSPS) is 20.1. The number of hydrogen-bond acceptors (Lipinski definition) is 5. The van der Waals surface area contributed by atoms with Crippen molar-refractivity contribution in [1.29, 1.82) is 0 Å². The van der Waals surface area contributed by atoms with E-state index in [2.05, 4.69) is 27.2 Å². The van der Waals surface area contributed by atoms with Gasteiger partial charge in [0, 0.05) is 31.0 Å². The third-order valence-corrected chi connectivity index (χ3v) is 8.69. The maximum atomic E-state index is 14.0. The van der Waals surface area contributed by atoms with E-state index in [1.165, 1.54) is 0 Å². The van der Waals surface area contributed by atoms with Gasteiger partial charge >= 0.3 is 5.97 Å². The van der Waals surface area contributed by atoms with Crippen LogP contribution in [-0.2, 0) is 16.1 Å². The molecule has 1 spiro atoms. The Morgan fingerprint density at radius 3 is 2.48 bits per heavy atom. The molecule has 3 aromatic carbocycles. The number of aromatic carboxylic acids is 1. The minimum absolute atomic E-state index is 0.0860. The van der Waals surface area contributed by atoms with Gasteiger partial charge in [0.05, 0.1) is 18.2 Å². The van der Waals surface area contributed by atoms with Crippen molar-refractivity contribution in [3.63, 3.8) is 0 Å². The number of anilines is 2. The highest BCUT2D eigenvalue weighted by Crippen LogP contribution is 2.40. The van der Waals surface area contributed by atoms with E-state index in [1.807, 2.05) is 53.4 Å². The minimum atomic E-state index is -0.970. The summed E-state index contributed by atoms with van der Waals surface area (Å²) in [6.45, 7) is 3.36. The molecule has 40 heavy (non-hydrogen) atoms. The van der Waals surface area contributed by atoms with Crippen LogP contribution in [0.2, 0.25) is 0 Å². The molecule has 0 radical (unpaired) electrons. The predicted molar refractivity (Wildman–Crippen MR) is 153 cm³/mol. The molecule has 2 fully saturated rings. The molecular weight excluding hydrogens is 504 g/mol. The summed E-state index contributed by atoms with van der Waals surface area (Å²) >= 11 is 0. The van der Waals surface area contributed by atoms with Gasteiger partial charge in [-0.15, -0.1) is 0 Å². The number of amides is 2. The Hall–Kier alpha value is -4.17. The Balaban J connectivity index is 1.13. The summed E-state index contributed by atoms with van der Waals surface area (Å²) in [5.74, 6) is -0.869. The van der Waals surface area contributed by atoms with Crippen LogP contribution in [-0.4, -0.2) is 64.5 Å². The van der Waals surface area contributed by atoms with Gasteiger partial charge in [-0.2, -0.15) is 0 Å². The average molecular weight is 539 g/mol. The molecule has 2 amide bonds. The Labute approximate surface area is 234 Å². The second-order valence-corrected chi connectivity index (χ2v) is 11.1. The fourth-order valence-corrected chi connectivity index (χ4v) is 6.57. The molecule has 3 aliphatic heterocycles. The molecule has 0 aliphatic carbocycles. The standard InChI is InChI=1S/C32H34N4O4/c37-29-27(26-12-4-5-14-28(26)33-29)13-7-17-34-18-15-32(16-19-34)31(40)35(22-36(32)25-10-2-1-3-11-25)21-23-8-6-9-24(20-23)30(38)39/h1-6,8-12,14,20,27H,7,13,15-19,21-22H2,(H,33,37)(H,38,39). The molecule has 3 heterocycles. The number of piperidine rings is 1. The van der Waals surface area contributed by atoms with Gasteiger partial charge in [0.1, 0.15) is 5.54 Å². The van der Waals surface area contributed by atoms with E-state index in [0.29, 0.717) is 13.2 Å². The first-order valence-electron chi connectivity index (χ1n) is 14.0. The fraction of sp³-hybridized carbons (Fsp3) is 0.344. The van der Waals surface area contributed by atoms with Crippen molar-refractivity contribution in [2.45, 2.75) is 43.7 Å². The molecular formula is C32H34N4O4. The second kappa shape index (κ2) is 10.8.